The molecule has 0 aromatic rings. The van der Waals surface area contributed by atoms with Crippen molar-refractivity contribution in [2.75, 3.05) is 19.6 Å². The average molecular weight is 307 g/mol. The van der Waals surface area contributed by atoms with Crippen molar-refractivity contribution < 1.29 is 0 Å². The lowest BCUT2D eigenvalue weighted by Gasteiger charge is -2.60. The zero-order chi connectivity index (χ0) is 15.6. The minimum atomic E-state index is 0.637. The van der Waals surface area contributed by atoms with Gasteiger partial charge < -0.3 is 10.6 Å². The highest BCUT2D eigenvalue weighted by Gasteiger charge is 2.53. The van der Waals surface area contributed by atoms with Gasteiger partial charge in [0.05, 0.1) is 0 Å². The quantitative estimate of drug-likeness (QED) is 0.689. The van der Waals surface area contributed by atoms with Gasteiger partial charge in [0.1, 0.15) is 0 Å². The number of nitrogens with one attached hydrogen (secondary N) is 2. The Labute approximate surface area is 138 Å². The molecule has 0 aromatic heterocycles. The van der Waals surface area contributed by atoms with Gasteiger partial charge >= 0.3 is 0 Å². The van der Waals surface area contributed by atoms with E-state index in [0.717, 1.165) is 36.8 Å². The lowest BCUT2D eigenvalue weighted by atomic mass is 9.45. The number of hydrogen-bond donors (Lipinski definition) is 2. The molecular formula is C20H38N2. The molecule has 0 radical (unpaired) electrons. The maximum atomic E-state index is 3.76. The summed E-state index contributed by atoms with van der Waals surface area (Å²) in [5.74, 6) is 3.90. The molecule has 0 amide bonds. The highest BCUT2D eigenvalue weighted by atomic mass is 15.0. The van der Waals surface area contributed by atoms with Crippen LogP contribution in [0.25, 0.3) is 0 Å². The molecule has 0 saturated heterocycles. The van der Waals surface area contributed by atoms with Crippen LogP contribution in [-0.2, 0) is 0 Å². The minimum Gasteiger partial charge on any atom is -0.315 e. The molecule has 0 heterocycles. The van der Waals surface area contributed by atoms with Gasteiger partial charge in [0.25, 0.3) is 0 Å². The van der Waals surface area contributed by atoms with Gasteiger partial charge in [-0.2, -0.15) is 0 Å². The molecule has 128 valence electrons. The Kier molecular flexibility index (Phi) is 5.50. The predicted octanol–water partition coefficient (Wildman–Crippen LogP) is 4.21. The van der Waals surface area contributed by atoms with Gasteiger partial charge in [-0.05, 0) is 74.7 Å². The van der Waals surface area contributed by atoms with Crippen molar-refractivity contribution in [1.29, 1.82) is 0 Å². The van der Waals surface area contributed by atoms with E-state index in [1.54, 1.807) is 0 Å². The predicted molar refractivity (Wildman–Crippen MR) is 95.0 cm³/mol. The summed E-state index contributed by atoms with van der Waals surface area (Å²) >= 11 is 0. The third kappa shape index (κ3) is 3.53. The fourth-order valence-electron chi connectivity index (χ4n) is 5.68. The van der Waals surface area contributed by atoms with Crippen molar-refractivity contribution in [3.8, 4) is 0 Å². The molecule has 4 fully saturated rings. The van der Waals surface area contributed by atoms with E-state index in [2.05, 4.69) is 31.4 Å². The molecule has 4 rings (SSSR count). The maximum absolute atomic E-state index is 3.76. The van der Waals surface area contributed by atoms with Crippen molar-refractivity contribution >= 4 is 0 Å². The molecule has 0 spiro atoms. The van der Waals surface area contributed by atoms with E-state index in [4.69, 9.17) is 0 Å². The SMILES string of the molecule is C[C@H](NCCNCC1CCC2C[C@@H]1C2(C)C)C1CCCCC1. The minimum absolute atomic E-state index is 0.637. The topological polar surface area (TPSA) is 24.1 Å². The Bertz CT molecular complexity index is 344. The Balaban J connectivity index is 1.28. The van der Waals surface area contributed by atoms with E-state index in [0.29, 0.717) is 11.5 Å². The van der Waals surface area contributed by atoms with Crippen LogP contribution in [0.2, 0.25) is 0 Å². The van der Waals surface area contributed by atoms with Crippen LogP contribution in [0, 0.1) is 29.1 Å². The summed E-state index contributed by atoms with van der Waals surface area (Å²) < 4.78 is 0. The molecule has 2 unspecified atom stereocenters. The third-order valence-corrected chi connectivity index (χ3v) is 7.53. The molecule has 4 aliphatic carbocycles. The summed E-state index contributed by atoms with van der Waals surface area (Å²) in [5, 5.41) is 7.51. The Morgan fingerprint density at radius 1 is 1.00 bits per heavy atom. The van der Waals surface area contributed by atoms with E-state index >= 15 is 0 Å². The smallest absolute Gasteiger partial charge is 0.00793 e. The lowest BCUT2D eigenvalue weighted by molar-refractivity contribution is -0.103. The first-order valence-electron chi connectivity index (χ1n) is 10.0. The van der Waals surface area contributed by atoms with Crippen LogP contribution in [0.3, 0.4) is 0 Å². The second-order valence-corrected chi connectivity index (χ2v) is 9.04. The molecule has 22 heavy (non-hydrogen) atoms. The summed E-state index contributed by atoms with van der Waals surface area (Å²) in [4.78, 5) is 0. The molecule has 2 nitrogen and oxygen atoms in total. The van der Waals surface area contributed by atoms with Gasteiger partial charge in [-0.3, -0.25) is 0 Å². The number of rotatable bonds is 7. The van der Waals surface area contributed by atoms with Gasteiger partial charge in [0.15, 0.2) is 0 Å². The first kappa shape index (κ1) is 16.8. The first-order valence-corrected chi connectivity index (χ1v) is 10.0. The summed E-state index contributed by atoms with van der Waals surface area (Å²) in [6.45, 7) is 10.9. The lowest BCUT2D eigenvalue weighted by Crippen LogP contribution is -2.54. The Hall–Kier alpha value is -0.0800. The van der Waals surface area contributed by atoms with E-state index < -0.39 is 0 Å². The van der Waals surface area contributed by atoms with E-state index in [-0.39, 0.29) is 0 Å². The fourth-order valence-corrected chi connectivity index (χ4v) is 5.68. The standard InChI is InChI=1S/C20H38N2/c1-15(16-7-5-4-6-8-16)22-12-11-21-14-17-9-10-18-13-19(17)20(18,2)3/h15-19,21-22H,4-14H2,1-3H3/t15-,17?,18?,19-/m0/s1. The van der Waals surface area contributed by atoms with Crippen LogP contribution in [0.4, 0.5) is 0 Å². The van der Waals surface area contributed by atoms with Crippen molar-refractivity contribution in [3.05, 3.63) is 0 Å². The molecular weight excluding hydrogens is 268 g/mol. The fraction of sp³-hybridized carbons (Fsp3) is 1.00. The molecule has 4 atom stereocenters. The highest BCUT2D eigenvalue weighted by Crippen LogP contribution is 2.61. The second-order valence-electron chi connectivity index (χ2n) is 9.04. The van der Waals surface area contributed by atoms with Gasteiger partial charge in [0.2, 0.25) is 0 Å². The summed E-state index contributed by atoms with van der Waals surface area (Å²) in [5.41, 5.74) is 0.637. The molecule has 4 saturated carbocycles. The van der Waals surface area contributed by atoms with Crippen molar-refractivity contribution in [3.63, 3.8) is 0 Å². The molecule has 0 aromatic carbocycles. The summed E-state index contributed by atoms with van der Waals surface area (Å²) in [7, 11) is 0. The van der Waals surface area contributed by atoms with Crippen LogP contribution in [0.15, 0.2) is 0 Å². The average Bonchev–Trinajstić information content (AvgIpc) is 2.55. The monoisotopic (exact) mass is 306 g/mol. The van der Waals surface area contributed by atoms with Crippen molar-refractivity contribution in [1.82, 2.24) is 10.6 Å². The molecule has 2 bridgehead atoms. The van der Waals surface area contributed by atoms with Gasteiger partial charge in [-0.15, -0.1) is 0 Å². The van der Waals surface area contributed by atoms with Crippen LogP contribution in [0.5, 0.6) is 0 Å². The largest absolute Gasteiger partial charge is 0.315 e. The first-order chi connectivity index (χ1) is 10.6. The van der Waals surface area contributed by atoms with Crippen molar-refractivity contribution in [2.24, 2.45) is 29.1 Å². The van der Waals surface area contributed by atoms with Crippen LogP contribution in [0.1, 0.15) is 72.1 Å². The van der Waals surface area contributed by atoms with Crippen LogP contribution < -0.4 is 10.6 Å². The molecule has 4 aliphatic rings. The third-order valence-electron chi connectivity index (χ3n) is 7.53. The highest BCUT2D eigenvalue weighted by molar-refractivity contribution is 5.03. The van der Waals surface area contributed by atoms with Gasteiger partial charge in [-0.25, -0.2) is 0 Å². The number of fused-ring (bicyclic) bond motifs is 2. The summed E-state index contributed by atoms with van der Waals surface area (Å²) in [6, 6.07) is 0.711. The van der Waals surface area contributed by atoms with E-state index in [9.17, 15) is 0 Å². The van der Waals surface area contributed by atoms with Crippen LogP contribution >= 0.6 is 0 Å². The summed E-state index contributed by atoms with van der Waals surface area (Å²) in [6.07, 6.45) is 11.7. The van der Waals surface area contributed by atoms with E-state index in [1.807, 2.05) is 0 Å². The molecule has 0 aliphatic heterocycles. The number of hydrogen-bond acceptors (Lipinski definition) is 2. The Morgan fingerprint density at radius 3 is 2.45 bits per heavy atom. The molecule has 2 heteroatoms. The molecule has 2 N–H and O–H groups in total. The second kappa shape index (κ2) is 7.21. The zero-order valence-corrected chi connectivity index (χ0v) is 15.2. The van der Waals surface area contributed by atoms with Crippen LogP contribution in [-0.4, -0.2) is 25.7 Å². The maximum Gasteiger partial charge on any atom is 0.00793 e. The zero-order valence-electron chi connectivity index (χ0n) is 15.2. The Morgan fingerprint density at radius 2 is 1.77 bits per heavy atom. The van der Waals surface area contributed by atoms with E-state index in [1.165, 1.54) is 57.9 Å². The normalized spacial score (nSPS) is 35.9. The van der Waals surface area contributed by atoms with Crippen molar-refractivity contribution in [2.45, 2.75) is 78.2 Å². The van der Waals surface area contributed by atoms with Gasteiger partial charge in [0, 0.05) is 19.1 Å². The van der Waals surface area contributed by atoms with Gasteiger partial charge in [-0.1, -0.05) is 33.1 Å².